The summed E-state index contributed by atoms with van der Waals surface area (Å²) in [7, 11) is 1.20. The Bertz CT molecular complexity index is 131. The average molecular weight is 170 g/mol. The van der Waals surface area contributed by atoms with Gasteiger partial charge in [-0.1, -0.05) is 13.8 Å². The molecule has 0 bridgehead atoms. The van der Waals surface area contributed by atoms with E-state index in [2.05, 4.69) is 4.74 Å². The quantitative estimate of drug-likeness (QED) is 0.326. The Morgan fingerprint density at radius 1 is 1.30 bits per heavy atom. The summed E-state index contributed by atoms with van der Waals surface area (Å²) in [5.41, 5.74) is 0. The molecule has 0 aliphatic carbocycles. The van der Waals surface area contributed by atoms with E-state index in [0.717, 1.165) is 0 Å². The van der Waals surface area contributed by atoms with E-state index in [1.807, 2.05) is 0 Å². The van der Waals surface area contributed by atoms with E-state index in [0.29, 0.717) is 0 Å². The van der Waals surface area contributed by atoms with Gasteiger partial charge in [-0.3, -0.25) is 4.79 Å². The van der Waals surface area contributed by atoms with Crippen LogP contribution in [0.15, 0.2) is 0 Å². The van der Waals surface area contributed by atoms with Crippen molar-refractivity contribution in [2.45, 2.75) is 13.8 Å². The van der Waals surface area contributed by atoms with Crippen LogP contribution in [0.4, 0.5) is 0 Å². The van der Waals surface area contributed by atoms with Crippen molar-refractivity contribution in [3.05, 3.63) is 0 Å². The number of carbonyl (C=O) groups excluding carboxylic acids is 2. The van der Waals surface area contributed by atoms with Crippen LogP contribution in [0.25, 0.3) is 0 Å². The second-order valence-electron chi connectivity index (χ2n) is 2.01. The summed E-state index contributed by atoms with van der Waals surface area (Å²) in [6, 6.07) is 0. The molecule has 0 rings (SSSR count). The molecule has 0 aromatic rings. The first-order valence-electron chi connectivity index (χ1n) is 2.71. The van der Waals surface area contributed by atoms with Gasteiger partial charge in [0.05, 0.1) is 7.11 Å². The van der Waals surface area contributed by atoms with Gasteiger partial charge < -0.3 is 4.74 Å². The Labute approximate surface area is 103 Å². The molecule has 0 radical (unpaired) electrons. The minimum absolute atomic E-state index is 0. The molecule has 3 nitrogen and oxygen atoms in total. The molecule has 10 heavy (non-hydrogen) atoms. The monoisotopic (exact) mass is 170 g/mol. The van der Waals surface area contributed by atoms with Crippen LogP contribution in [0.2, 0.25) is 0 Å². The molecular formula is C6H11KO3. The Hall–Kier alpha value is 0.776. The number of carbonyl (C=O) groups is 2. The summed E-state index contributed by atoms with van der Waals surface area (Å²) < 4.78 is 4.18. The number of rotatable bonds is 2. The number of Topliss-reactive ketones (excluding diaryl/α,β-unsaturated/α-hetero) is 1. The molecule has 0 atom stereocenters. The van der Waals surface area contributed by atoms with Crippen LogP contribution in [-0.4, -0.2) is 70.2 Å². The maximum absolute atomic E-state index is 10.6. The van der Waals surface area contributed by atoms with Gasteiger partial charge in [0.1, 0.15) is 0 Å². The molecule has 0 aromatic carbocycles. The molecule has 0 fully saturated rings. The second-order valence-corrected chi connectivity index (χ2v) is 2.01. The normalized spacial score (nSPS) is 8.40. The SMILES string of the molecule is COC(=O)C(=O)C(C)C.[KH]. The van der Waals surface area contributed by atoms with Crippen LogP contribution in [0.3, 0.4) is 0 Å². The fourth-order valence-electron chi connectivity index (χ4n) is 0.336. The van der Waals surface area contributed by atoms with Crippen molar-refractivity contribution in [1.82, 2.24) is 0 Å². The summed E-state index contributed by atoms with van der Waals surface area (Å²) in [5, 5.41) is 0. The number of esters is 1. The fraction of sp³-hybridized carbons (Fsp3) is 0.667. The van der Waals surface area contributed by atoms with E-state index < -0.39 is 11.8 Å². The fourth-order valence-corrected chi connectivity index (χ4v) is 0.336. The third-order valence-corrected chi connectivity index (χ3v) is 0.911. The minimum atomic E-state index is -0.759. The molecule has 0 saturated heterocycles. The summed E-state index contributed by atoms with van der Waals surface area (Å²) in [5.74, 6) is -1.50. The van der Waals surface area contributed by atoms with Crippen molar-refractivity contribution < 1.29 is 14.3 Å². The van der Waals surface area contributed by atoms with Crippen molar-refractivity contribution in [2.75, 3.05) is 7.11 Å². The Balaban J connectivity index is 0. The Morgan fingerprint density at radius 3 is 1.80 bits per heavy atom. The maximum atomic E-state index is 10.6. The first kappa shape index (κ1) is 13.4. The number of methoxy groups -OCH3 is 1. The Kier molecular flexibility index (Phi) is 8.67. The zero-order valence-electron chi connectivity index (χ0n) is 5.80. The molecule has 0 aromatic heterocycles. The van der Waals surface area contributed by atoms with Gasteiger partial charge in [0.25, 0.3) is 0 Å². The van der Waals surface area contributed by atoms with Crippen molar-refractivity contribution in [1.29, 1.82) is 0 Å². The summed E-state index contributed by atoms with van der Waals surface area (Å²) in [6.45, 7) is 3.30. The summed E-state index contributed by atoms with van der Waals surface area (Å²) >= 11 is 0. The molecule has 0 unspecified atom stereocenters. The van der Waals surface area contributed by atoms with E-state index in [9.17, 15) is 9.59 Å². The third kappa shape index (κ3) is 4.57. The van der Waals surface area contributed by atoms with Crippen molar-refractivity contribution in [3.8, 4) is 0 Å². The molecule has 0 amide bonds. The van der Waals surface area contributed by atoms with Crippen LogP contribution in [0, 0.1) is 5.92 Å². The van der Waals surface area contributed by atoms with Gasteiger partial charge in [-0.05, 0) is 0 Å². The van der Waals surface area contributed by atoms with Crippen LogP contribution in [0.1, 0.15) is 13.8 Å². The number of ketones is 1. The van der Waals surface area contributed by atoms with Gasteiger partial charge in [-0.2, -0.15) is 0 Å². The van der Waals surface area contributed by atoms with Crippen LogP contribution >= 0.6 is 0 Å². The number of hydrogen-bond acceptors (Lipinski definition) is 3. The van der Waals surface area contributed by atoms with Gasteiger partial charge in [0.2, 0.25) is 5.78 Å². The summed E-state index contributed by atoms with van der Waals surface area (Å²) in [4.78, 5) is 21.0. The molecule has 0 saturated carbocycles. The molecule has 54 valence electrons. The Morgan fingerprint density at radius 2 is 1.70 bits per heavy atom. The predicted molar refractivity (Wildman–Crippen MR) is 39.0 cm³/mol. The van der Waals surface area contributed by atoms with E-state index in [1.165, 1.54) is 7.11 Å². The van der Waals surface area contributed by atoms with Gasteiger partial charge in [-0.25, -0.2) is 4.79 Å². The van der Waals surface area contributed by atoms with Gasteiger partial charge >= 0.3 is 57.4 Å². The molecule has 0 aliphatic rings. The van der Waals surface area contributed by atoms with Crippen molar-refractivity contribution in [3.63, 3.8) is 0 Å². The van der Waals surface area contributed by atoms with Gasteiger partial charge in [0.15, 0.2) is 0 Å². The van der Waals surface area contributed by atoms with E-state index in [-0.39, 0.29) is 57.3 Å². The second kappa shape index (κ2) is 6.48. The van der Waals surface area contributed by atoms with Crippen LogP contribution in [0.5, 0.6) is 0 Å². The van der Waals surface area contributed by atoms with E-state index in [4.69, 9.17) is 0 Å². The zero-order chi connectivity index (χ0) is 7.44. The molecule has 0 N–H and O–H groups in total. The topological polar surface area (TPSA) is 43.4 Å². The molecule has 4 heteroatoms. The predicted octanol–water partition coefficient (Wildman–Crippen LogP) is -0.264. The molecule has 0 heterocycles. The first-order valence-corrected chi connectivity index (χ1v) is 2.71. The van der Waals surface area contributed by atoms with Gasteiger partial charge in [-0.15, -0.1) is 0 Å². The van der Waals surface area contributed by atoms with E-state index in [1.54, 1.807) is 13.8 Å². The van der Waals surface area contributed by atoms with Crippen molar-refractivity contribution >= 4 is 63.1 Å². The molecular weight excluding hydrogens is 159 g/mol. The number of hydrogen-bond donors (Lipinski definition) is 0. The van der Waals surface area contributed by atoms with Gasteiger partial charge in [0, 0.05) is 5.92 Å². The zero-order valence-corrected chi connectivity index (χ0v) is 5.80. The standard InChI is InChI=1S/C6H10O3.K.H/c1-4(2)5(7)6(8)9-3;;/h4H,1-3H3;;. The number of ether oxygens (including phenoxy) is 1. The first-order chi connectivity index (χ1) is 4.09. The van der Waals surface area contributed by atoms with E-state index >= 15 is 0 Å². The molecule has 0 spiro atoms. The average Bonchev–Trinajstić information content (AvgIpc) is 1.84. The van der Waals surface area contributed by atoms with Crippen molar-refractivity contribution in [2.24, 2.45) is 5.92 Å². The third-order valence-electron chi connectivity index (χ3n) is 0.911. The van der Waals surface area contributed by atoms with Crippen LogP contribution in [-0.2, 0) is 14.3 Å². The molecule has 0 aliphatic heterocycles. The van der Waals surface area contributed by atoms with Crippen LogP contribution < -0.4 is 0 Å². The summed E-state index contributed by atoms with van der Waals surface area (Å²) in [6.07, 6.45) is 0.